The van der Waals surface area contributed by atoms with Crippen LogP contribution in [-0.2, 0) is 9.59 Å². The van der Waals surface area contributed by atoms with E-state index in [1.54, 1.807) is 4.90 Å². The van der Waals surface area contributed by atoms with Gasteiger partial charge in [0.05, 0.1) is 0 Å². The maximum absolute atomic E-state index is 11.5. The Hall–Kier alpha value is -1.17. The third-order valence-corrected chi connectivity index (χ3v) is 2.66. The van der Waals surface area contributed by atoms with E-state index in [9.17, 15) is 9.59 Å². The maximum Gasteiger partial charge on any atom is 0.249 e. The van der Waals surface area contributed by atoms with Gasteiger partial charge in [0, 0.05) is 13.0 Å². The molecular weight excluding hydrogens is 214 g/mol. The zero-order valence-corrected chi connectivity index (χ0v) is 9.63. The lowest BCUT2D eigenvalue weighted by Gasteiger charge is -2.25. The molecule has 84 valence electrons. The number of hydrogen-bond donors (Lipinski definition) is 2. The normalized spacial score (nSPS) is 21.0. The summed E-state index contributed by atoms with van der Waals surface area (Å²) >= 11 is 5.01. The lowest BCUT2D eigenvalue weighted by Crippen LogP contribution is -2.40. The summed E-state index contributed by atoms with van der Waals surface area (Å²) < 4.78 is 0. The number of nitrogens with two attached hydrogens (primary N) is 1. The summed E-state index contributed by atoms with van der Waals surface area (Å²) in [4.78, 5) is 23.9. The fourth-order valence-corrected chi connectivity index (χ4v) is 1.96. The molecule has 0 saturated carbocycles. The summed E-state index contributed by atoms with van der Waals surface area (Å²) in [6.45, 7) is 4.28. The van der Waals surface area contributed by atoms with E-state index in [4.69, 9.17) is 18.0 Å². The van der Waals surface area contributed by atoms with Gasteiger partial charge in [0.1, 0.15) is 6.04 Å². The Kier molecular flexibility index (Phi) is 3.62. The smallest absolute Gasteiger partial charge is 0.249 e. The van der Waals surface area contributed by atoms with Gasteiger partial charge in [-0.15, -0.1) is 0 Å². The van der Waals surface area contributed by atoms with Crippen LogP contribution in [0, 0.1) is 5.92 Å². The van der Waals surface area contributed by atoms with E-state index in [1.807, 2.05) is 13.8 Å². The second-order valence-corrected chi connectivity index (χ2v) is 4.28. The molecule has 1 rings (SSSR count). The Labute approximate surface area is 94.0 Å². The van der Waals surface area contributed by atoms with E-state index in [0.717, 1.165) is 0 Å². The molecule has 0 aromatic heterocycles. The van der Waals surface area contributed by atoms with Gasteiger partial charge in [-0.25, -0.2) is 0 Å². The first-order valence-electron chi connectivity index (χ1n) is 4.83. The largest absolute Gasteiger partial charge is 0.370 e. The zero-order chi connectivity index (χ0) is 11.6. The van der Waals surface area contributed by atoms with Crippen LogP contribution in [0.4, 0.5) is 0 Å². The van der Waals surface area contributed by atoms with Gasteiger partial charge in [-0.05, 0) is 18.1 Å². The van der Waals surface area contributed by atoms with Gasteiger partial charge in [0.2, 0.25) is 11.8 Å². The summed E-state index contributed by atoms with van der Waals surface area (Å²) in [5, 5.41) is 2.98. The second-order valence-electron chi connectivity index (χ2n) is 3.89. The number of carbonyl (C=O) groups is 2. The summed E-state index contributed by atoms with van der Waals surface area (Å²) in [5.74, 6) is -0.336. The summed E-state index contributed by atoms with van der Waals surface area (Å²) in [5.41, 5.74) is 5.06. The summed E-state index contributed by atoms with van der Waals surface area (Å²) in [7, 11) is 0. The molecule has 1 saturated heterocycles. The molecule has 1 aliphatic heterocycles. The Bertz CT molecular complexity index is 304. The molecule has 0 bridgehead atoms. The van der Waals surface area contributed by atoms with Crippen molar-refractivity contribution in [3.8, 4) is 0 Å². The van der Waals surface area contributed by atoms with Gasteiger partial charge >= 0.3 is 0 Å². The molecule has 3 N–H and O–H groups in total. The van der Waals surface area contributed by atoms with E-state index >= 15 is 0 Å². The third-order valence-electron chi connectivity index (χ3n) is 2.33. The highest BCUT2D eigenvalue weighted by Crippen LogP contribution is 2.17. The van der Waals surface area contributed by atoms with Gasteiger partial charge in [-0.2, -0.15) is 0 Å². The molecule has 1 aliphatic rings. The van der Waals surface area contributed by atoms with Crippen LogP contribution in [0.15, 0.2) is 0 Å². The lowest BCUT2D eigenvalue weighted by molar-refractivity contribution is -0.123. The molecule has 0 aliphatic carbocycles. The van der Waals surface area contributed by atoms with Crippen molar-refractivity contribution < 1.29 is 9.59 Å². The molecule has 0 aromatic rings. The molecule has 1 fully saturated rings. The van der Waals surface area contributed by atoms with Crippen LogP contribution in [0.2, 0.25) is 0 Å². The van der Waals surface area contributed by atoms with Crippen molar-refractivity contribution in [3.05, 3.63) is 0 Å². The van der Waals surface area contributed by atoms with E-state index < -0.39 is 0 Å². The highest BCUT2D eigenvalue weighted by molar-refractivity contribution is 7.80. The molecule has 6 heteroatoms. The molecule has 15 heavy (non-hydrogen) atoms. The molecule has 1 heterocycles. The molecule has 1 unspecified atom stereocenters. The SMILES string of the molecule is CC(C)C1C(=O)NC(=S)N1CCC(N)=O. The minimum Gasteiger partial charge on any atom is -0.370 e. The van der Waals surface area contributed by atoms with Crippen LogP contribution in [0.5, 0.6) is 0 Å². The van der Waals surface area contributed by atoms with Crippen molar-refractivity contribution in [3.63, 3.8) is 0 Å². The Morgan fingerprint density at radius 2 is 2.27 bits per heavy atom. The average molecular weight is 229 g/mol. The number of nitrogens with one attached hydrogen (secondary N) is 1. The van der Waals surface area contributed by atoms with Gasteiger partial charge in [-0.3, -0.25) is 9.59 Å². The Morgan fingerprint density at radius 3 is 2.73 bits per heavy atom. The number of nitrogens with zero attached hydrogens (tertiary/aromatic N) is 1. The van der Waals surface area contributed by atoms with Crippen molar-refractivity contribution in [1.29, 1.82) is 0 Å². The monoisotopic (exact) mass is 229 g/mol. The van der Waals surface area contributed by atoms with E-state index in [-0.39, 0.29) is 30.2 Å². The minimum atomic E-state index is -0.389. The van der Waals surface area contributed by atoms with Crippen molar-refractivity contribution in [2.75, 3.05) is 6.54 Å². The van der Waals surface area contributed by atoms with Crippen LogP contribution in [0.1, 0.15) is 20.3 Å². The molecule has 2 amide bonds. The number of carbonyl (C=O) groups excluding carboxylic acids is 2. The van der Waals surface area contributed by atoms with Gasteiger partial charge < -0.3 is 16.0 Å². The number of hydrogen-bond acceptors (Lipinski definition) is 3. The zero-order valence-electron chi connectivity index (χ0n) is 8.82. The van der Waals surface area contributed by atoms with Gasteiger partial charge in [0.15, 0.2) is 5.11 Å². The van der Waals surface area contributed by atoms with Crippen molar-refractivity contribution in [1.82, 2.24) is 10.2 Å². The first-order valence-corrected chi connectivity index (χ1v) is 5.24. The van der Waals surface area contributed by atoms with Gasteiger partial charge in [-0.1, -0.05) is 13.8 Å². The highest BCUT2D eigenvalue weighted by atomic mass is 32.1. The van der Waals surface area contributed by atoms with Crippen molar-refractivity contribution in [2.45, 2.75) is 26.3 Å². The average Bonchev–Trinajstić information content (AvgIpc) is 2.37. The number of rotatable bonds is 4. The second kappa shape index (κ2) is 4.57. The molecule has 5 nitrogen and oxygen atoms in total. The summed E-state index contributed by atoms with van der Waals surface area (Å²) in [6.07, 6.45) is 0.207. The van der Waals surface area contributed by atoms with Crippen LogP contribution < -0.4 is 11.1 Å². The first-order chi connectivity index (χ1) is 6.93. The van der Waals surface area contributed by atoms with E-state index in [2.05, 4.69) is 5.32 Å². The number of primary amides is 1. The lowest BCUT2D eigenvalue weighted by atomic mass is 10.0. The first kappa shape index (κ1) is 11.9. The predicted octanol–water partition coefficient (Wildman–Crippen LogP) is -0.397. The highest BCUT2D eigenvalue weighted by Gasteiger charge is 2.37. The van der Waals surface area contributed by atoms with Crippen LogP contribution in [0.3, 0.4) is 0 Å². The quantitative estimate of drug-likeness (QED) is 0.643. The minimum absolute atomic E-state index is 0.0977. The molecule has 0 spiro atoms. The molecular formula is C9H15N3O2S. The fraction of sp³-hybridized carbons (Fsp3) is 0.667. The molecule has 0 radical (unpaired) electrons. The van der Waals surface area contributed by atoms with Crippen molar-refractivity contribution >= 4 is 29.1 Å². The molecule has 1 atom stereocenters. The van der Waals surface area contributed by atoms with Gasteiger partial charge in [0.25, 0.3) is 0 Å². The van der Waals surface area contributed by atoms with Crippen LogP contribution in [-0.4, -0.2) is 34.4 Å². The third kappa shape index (κ3) is 2.65. The molecule has 0 aromatic carbocycles. The maximum atomic E-state index is 11.5. The van der Waals surface area contributed by atoms with Crippen molar-refractivity contribution in [2.24, 2.45) is 11.7 Å². The number of thiocarbonyl (C=S) groups is 1. The Balaban J connectivity index is 2.70. The predicted molar refractivity (Wildman–Crippen MR) is 59.9 cm³/mol. The van der Waals surface area contributed by atoms with E-state index in [1.165, 1.54) is 0 Å². The van der Waals surface area contributed by atoms with Crippen LogP contribution >= 0.6 is 12.2 Å². The fourth-order valence-electron chi connectivity index (χ4n) is 1.65. The summed E-state index contributed by atoms with van der Waals surface area (Å²) in [6, 6.07) is -0.281. The number of amides is 2. The van der Waals surface area contributed by atoms with E-state index in [0.29, 0.717) is 11.7 Å². The van der Waals surface area contributed by atoms with Crippen LogP contribution in [0.25, 0.3) is 0 Å². The standard InChI is InChI=1S/C9H15N3O2S/c1-5(2)7-8(14)11-9(15)12(7)4-3-6(10)13/h5,7H,3-4H2,1-2H3,(H2,10,13)(H,11,14,15). The Morgan fingerprint density at radius 1 is 1.67 bits per heavy atom. The topological polar surface area (TPSA) is 75.4 Å².